The average Bonchev–Trinajstić information content (AvgIpc) is 3.36. The summed E-state index contributed by atoms with van der Waals surface area (Å²) < 4.78 is 7.49. The fraction of sp³-hybridized carbons (Fsp3) is 0.529. The van der Waals surface area contributed by atoms with E-state index in [1.54, 1.807) is 0 Å². The first-order chi connectivity index (χ1) is 12.5. The summed E-state index contributed by atoms with van der Waals surface area (Å²) in [6.07, 6.45) is 2.69. The van der Waals surface area contributed by atoms with E-state index >= 15 is 0 Å². The van der Waals surface area contributed by atoms with Crippen LogP contribution >= 0.6 is 11.3 Å². The third-order valence-corrected chi connectivity index (χ3v) is 5.90. The molecule has 2 aromatic heterocycles. The fourth-order valence-electron chi connectivity index (χ4n) is 3.90. The monoisotopic (exact) mass is 376 g/mol. The fourth-order valence-corrected chi connectivity index (χ4v) is 4.61. The zero-order valence-corrected chi connectivity index (χ0v) is 15.3. The van der Waals surface area contributed by atoms with E-state index in [0.29, 0.717) is 11.6 Å². The normalized spacial score (nSPS) is 27.0. The lowest BCUT2D eigenvalue weighted by Crippen LogP contribution is -2.40. The maximum Gasteiger partial charge on any atom is 0.310 e. The highest BCUT2D eigenvalue weighted by molar-refractivity contribution is 7.14. The van der Waals surface area contributed by atoms with Gasteiger partial charge in [-0.1, -0.05) is 0 Å². The molecule has 9 heteroatoms. The molecular formula is C17H20N4O4S. The summed E-state index contributed by atoms with van der Waals surface area (Å²) in [4.78, 5) is 28.7. The third kappa shape index (κ3) is 2.80. The largest absolute Gasteiger partial charge is 0.481 e. The van der Waals surface area contributed by atoms with Crippen molar-refractivity contribution in [2.75, 3.05) is 5.32 Å². The molecule has 0 radical (unpaired) electrons. The van der Waals surface area contributed by atoms with Gasteiger partial charge in [0.15, 0.2) is 5.13 Å². The molecule has 0 unspecified atom stereocenters. The first-order valence-corrected chi connectivity index (χ1v) is 9.55. The average molecular weight is 376 g/mol. The number of aryl methyl sites for hydroxylation is 2. The van der Waals surface area contributed by atoms with Gasteiger partial charge in [0.2, 0.25) is 5.91 Å². The van der Waals surface area contributed by atoms with Crippen molar-refractivity contribution in [1.29, 1.82) is 0 Å². The summed E-state index contributed by atoms with van der Waals surface area (Å²) in [6, 6.07) is 0. The Balaban J connectivity index is 1.51. The number of fused-ring (bicyclic) bond motifs is 2. The van der Waals surface area contributed by atoms with Crippen molar-refractivity contribution in [3.05, 3.63) is 17.3 Å². The number of carboxylic acid groups (broad SMARTS) is 1. The van der Waals surface area contributed by atoms with Gasteiger partial charge in [0.25, 0.3) is 0 Å². The van der Waals surface area contributed by atoms with Crippen LogP contribution in [-0.4, -0.2) is 44.0 Å². The highest BCUT2D eigenvalue weighted by Crippen LogP contribution is 2.44. The number of carbonyl (C=O) groups is 2. The molecule has 2 saturated heterocycles. The van der Waals surface area contributed by atoms with Gasteiger partial charge < -0.3 is 15.2 Å². The number of nitrogens with one attached hydrogen (secondary N) is 1. The van der Waals surface area contributed by atoms with Crippen LogP contribution in [0.3, 0.4) is 0 Å². The van der Waals surface area contributed by atoms with E-state index in [0.717, 1.165) is 29.9 Å². The van der Waals surface area contributed by atoms with Crippen molar-refractivity contribution in [3.8, 4) is 11.3 Å². The van der Waals surface area contributed by atoms with Gasteiger partial charge in [0.1, 0.15) is 0 Å². The number of aliphatic carboxylic acids is 1. The highest BCUT2D eigenvalue weighted by Gasteiger charge is 2.55. The third-order valence-electron chi connectivity index (χ3n) is 5.14. The minimum Gasteiger partial charge on any atom is -0.481 e. The molecule has 1 amide bonds. The van der Waals surface area contributed by atoms with Crippen molar-refractivity contribution in [1.82, 2.24) is 14.8 Å². The molecule has 0 aliphatic carbocycles. The van der Waals surface area contributed by atoms with Crippen LogP contribution in [0, 0.1) is 18.8 Å². The molecule has 2 aromatic rings. The quantitative estimate of drug-likeness (QED) is 0.828. The van der Waals surface area contributed by atoms with Crippen LogP contribution in [0.25, 0.3) is 11.3 Å². The van der Waals surface area contributed by atoms with Gasteiger partial charge in [0.05, 0.1) is 35.4 Å². The molecule has 2 bridgehead atoms. The van der Waals surface area contributed by atoms with Crippen LogP contribution in [0.2, 0.25) is 0 Å². The molecule has 2 fully saturated rings. The maximum absolute atomic E-state index is 12.7. The topological polar surface area (TPSA) is 106 Å². The van der Waals surface area contributed by atoms with E-state index in [4.69, 9.17) is 4.74 Å². The van der Waals surface area contributed by atoms with Crippen LogP contribution in [-0.2, 0) is 20.9 Å². The first-order valence-electron chi connectivity index (χ1n) is 8.67. The van der Waals surface area contributed by atoms with Gasteiger partial charge >= 0.3 is 5.97 Å². The number of amides is 1. The molecule has 26 heavy (non-hydrogen) atoms. The highest BCUT2D eigenvalue weighted by atomic mass is 32.1. The number of carboxylic acids is 1. The van der Waals surface area contributed by atoms with Gasteiger partial charge in [0, 0.05) is 23.7 Å². The zero-order chi connectivity index (χ0) is 18.4. The van der Waals surface area contributed by atoms with E-state index in [1.807, 2.05) is 30.1 Å². The summed E-state index contributed by atoms with van der Waals surface area (Å²) in [5.41, 5.74) is 2.55. The molecule has 2 aliphatic heterocycles. The molecule has 4 rings (SSSR count). The number of nitrogens with zero attached hydrogens (tertiary/aromatic N) is 3. The summed E-state index contributed by atoms with van der Waals surface area (Å²) in [7, 11) is 0. The van der Waals surface area contributed by atoms with E-state index in [-0.39, 0.29) is 18.1 Å². The molecule has 0 spiro atoms. The van der Waals surface area contributed by atoms with Crippen LogP contribution in [0.5, 0.6) is 0 Å². The number of thiazole rings is 1. The molecular weight excluding hydrogens is 356 g/mol. The van der Waals surface area contributed by atoms with Gasteiger partial charge in [-0.15, -0.1) is 11.3 Å². The zero-order valence-electron chi connectivity index (χ0n) is 14.5. The maximum atomic E-state index is 12.7. The number of aromatic nitrogens is 3. The first kappa shape index (κ1) is 17.2. The molecule has 2 aliphatic rings. The Hall–Kier alpha value is -2.26. The molecule has 8 nitrogen and oxygen atoms in total. The SMILES string of the molecule is CCn1cc(-c2csc(NC(=O)[C@H]3[C@@H](C(=O)O)[C@@H]4CC[C@H]3O4)n2)c(C)n1. The van der Waals surface area contributed by atoms with Crippen LogP contribution in [0.15, 0.2) is 11.6 Å². The molecule has 4 atom stereocenters. The Morgan fingerprint density at radius 1 is 1.38 bits per heavy atom. The Kier molecular flexibility index (Phi) is 4.28. The van der Waals surface area contributed by atoms with Crippen LogP contribution in [0.1, 0.15) is 25.5 Å². The second-order valence-electron chi connectivity index (χ2n) is 6.69. The Morgan fingerprint density at radius 3 is 2.77 bits per heavy atom. The predicted octanol–water partition coefficient (Wildman–Crippen LogP) is 2.15. The van der Waals surface area contributed by atoms with Gasteiger partial charge in [-0.05, 0) is 26.7 Å². The second kappa shape index (κ2) is 6.48. The van der Waals surface area contributed by atoms with Crippen molar-refractivity contribution in [3.63, 3.8) is 0 Å². The van der Waals surface area contributed by atoms with Crippen LogP contribution < -0.4 is 5.32 Å². The minimum absolute atomic E-state index is 0.314. The number of carbonyl (C=O) groups excluding carboxylic acids is 1. The van der Waals surface area contributed by atoms with Crippen molar-refractivity contribution >= 4 is 28.3 Å². The molecule has 4 heterocycles. The Bertz CT molecular complexity index is 861. The summed E-state index contributed by atoms with van der Waals surface area (Å²) in [5.74, 6) is -2.74. The van der Waals surface area contributed by atoms with Crippen molar-refractivity contribution in [2.24, 2.45) is 11.8 Å². The summed E-state index contributed by atoms with van der Waals surface area (Å²) in [5, 5.41) is 19.0. The predicted molar refractivity (Wildman–Crippen MR) is 94.9 cm³/mol. The summed E-state index contributed by atoms with van der Waals surface area (Å²) in [6.45, 7) is 4.71. The lowest BCUT2D eigenvalue weighted by molar-refractivity contribution is -0.147. The van der Waals surface area contributed by atoms with Crippen LogP contribution in [0.4, 0.5) is 5.13 Å². The number of rotatable bonds is 5. The number of anilines is 1. The van der Waals surface area contributed by atoms with Gasteiger partial charge in [-0.2, -0.15) is 5.10 Å². The van der Waals surface area contributed by atoms with E-state index in [9.17, 15) is 14.7 Å². The van der Waals surface area contributed by atoms with Gasteiger partial charge in [-0.3, -0.25) is 14.3 Å². The number of ether oxygens (including phenoxy) is 1. The molecule has 0 saturated carbocycles. The van der Waals surface area contributed by atoms with Crippen molar-refractivity contribution < 1.29 is 19.4 Å². The van der Waals surface area contributed by atoms with E-state index in [2.05, 4.69) is 15.4 Å². The van der Waals surface area contributed by atoms with E-state index < -0.39 is 17.8 Å². The molecule has 2 N–H and O–H groups in total. The van der Waals surface area contributed by atoms with Gasteiger partial charge in [-0.25, -0.2) is 4.98 Å². The second-order valence-corrected chi connectivity index (χ2v) is 7.55. The number of hydrogen-bond acceptors (Lipinski definition) is 6. The van der Waals surface area contributed by atoms with E-state index in [1.165, 1.54) is 11.3 Å². The Labute approximate surface area is 154 Å². The molecule has 0 aromatic carbocycles. The minimum atomic E-state index is -0.972. The molecule has 138 valence electrons. The lowest BCUT2D eigenvalue weighted by Gasteiger charge is -2.23. The standard InChI is InChI=1S/C17H20N4O4S/c1-3-21-6-9(8(2)20-21)10-7-26-17(18-10)19-15(22)13-11-4-5-12(25-11)14(13)16(23)24/h6-7,11-14H,3-5H2,1-2H3,(H,23,24)(H,18,19,22)/t11-,12+,13-,14+/m1/s1. The lowest BCUT2D eigenvalue weighted by atomic mass is 9.79. The number of hydrogen-bond donors (Lipinski definition) is 2. The summed E-state index contributed by atoms with van der Waals surface area (Å²) >= 11 is 1.32. The Morgan fingerprint density at radius 2 is 2.12 bits per heavy atom. The van der Waals surface area contributed by atoms with Crippen molar-refractivity contribution in [2.45, 2.75) is 45.4 Å². The smallest absolute Gasteiger partial charge is 0.310 e.